The maximum absolute atomic E-state index is 12.3. The Morgan fingerprint density at radius 1 is 1.18 bits per heavy atom. The third-order valence-electron chi connectivity index (χ3n) is 4.25. The molecule has 1 fully saturated rings. The maximum Gasteiger partial charge on any atom is 0.350 e. The fraction of sp³-hybridized carbons (Fsp3) is 0.529. The SMILES string of the molecule is CO[C@@H]1CCCC[C@@H]1OC(=O)[C@@H]1CC(c2ccccc2)=NO1. The molecule has 0 spiro atoms. The van der Waals surface area contributed by atoms with Gasteiger partial charge in [0.25, 0.3) is 0 Å². The zero-order valence-corrected chi connectivity index (χ0v) is 12.7. The molecular weight excluding hydrogens is 282 g/mol. The molecule has 0 aromatic heterocycles. The van der Waals surface area contributed by atoms with Crippen LogP contribution in [0, 0.1) is 0 Å². The molecule has 1 aliphatic heterocycles. The minimum Gasteiger partial charge on any atom is -0.457 e. The number of hydrogen-bond acceptors (Lipinski definition) is 5. The molecule has 1 saturated carbocycles. The Morgan fingerprint density at radius 3 is 2.64 bits per heavy atom. The van der Waals surface area contributed by atoms with Crippen molar-refractivity contribution in [1.82, 2.24) is 0 Å². The van der Waals surface area contributed by atoms with Gasteiger partial charge in [0.2, 0.25) is 6.10 Å². The van der Waals surface area contributed by atoms with Crippen LogP contribution in [-0.2, 0) is 19.1 Å². The molecule has 0 unspecified atom stereocenters. The van der Waals surface area contributed by atoms with Crippen molar-refractivity contribution in [2.75, 3.05) is 7.11 Å². The monoisotopic (exact) mass is 303 g/mol. The van der Waals surface area contributed by atoms with Crippen molar-refractivity contribution in [3.63, 3.8) is 0 Å². The average molecular weight is 303 g/mol. The van der Waals surface area contributed by atoms with E-state index in [4.69, 9.17) is 14.3 Å². The highest BCUT2D eigenvalue weighted by molar-refractivity contribution is 6.03. The zero-order chi connectivity index (χ0) is 15.4. The predicted octanol–water partition coefficient (Wildman–Crippen LogP) is 2.68. The number of carbonyl (C=O) groups is 1. The number of ether oxygens (including phenoxy) is 2. The summed E-state index contributed by atoms with van der Waals surface area (Å²) in [6.07, 6.45) is 3.60. The van der Waals surface area contributed by atoms with Crippen LogP contribution in [0.2, 0.25) is 0 Å². The second kappa shape index (κ2) is 6.92. The van der Waals surface area contributed by atoms with E-state index in [1.807, 2.05) is 30.3 Å². The highest BCUT2D eigenvalue weighted by Crippen LogP contribution is 2.25. The van der Waals surface area contributed by atoms with Gasteiger partial charge in [-0.25, -0.2) is 4.79 Å². The summed E-state index contributed by atoms with van der Waals surface area (Å²) in [5.41, 5.74) is 1.76. The minimum atomic E-state index is -0.644. The second-order valence-electron chi connectivity index (χ2n) is 5.74. The maximum atomic E-state index is 12.3. The number of esters is 1. The molecule has 1 aromatic rings. The van der Waals surface area contributed by atoms with Gasteiger partial charge in [0.1, 0.15) is 6.10 Å². The molecule has 1 aliphatic carbocycles. The lowest BCUT2D eigenvalue weighted by atomic mass is 9.94. The summed E-state index contributed by atoms with van der Waals surface area (Å²) in [4.78, 5) is 17.5. The van der Waals surface area contributed by atoms with Crippen LogP contribution >= 0.6 is 0 Å². The Kier molecular flexibility index (Phi) is 4.73. The summed E-state index contributed by atoms with van der Waals surface area (Å²) in [6, 6.07) is 9.74. The summed E-state index contributed by atoms with van der Waals surface area (Å²) in [5, 5.41) is 4.03. The van der Waals surface area contributed by atoms with Crippen LogP contribution in [0.1, 0.15) is 37.7 Å². The Balaban J connectivity index is 1.56. The summed E-state index contributed by atoms with van der Waals surface area (Å²) >= 11 is 0. The molecule has 3 atom stereocenters. The summed E-state index contributed by atoms with van der Waals surface area (Å²) < 4.78 is 11.0. The fourth-order valence-corrected chi connectivity index (χ4v) is 3.00. The number of rotatable bonds is 4. The number of oxime groups is 1. The van der Waals surface area contributed by atoms with E-state index in [9.17, 15) is 4.79 Å². The highest BCUT2D eigenvalue weighted by atomic mass is 16.7. The van der Waals surface area contributed by atoms with Gasteiger partial charge in [-0.15, -0.1) is 0 Å². The van der Waals surface area contributed by atoms with Gasteiger partial charge >= 0.3 is 5.97 Å². The van der Waals surface area contributed by atoms with Crippen molar-refractivity contribution in [2.24, 2.45) is 5.16 Å². The standard InChI is InChI=1S/C17H21NO4/c1-20-14-9-5-6-10-15(14)21-17(19)16-11-13(18-22-16)12-7-3-2-4-8-12/h2-4,7-8,14-16H,5-6,9-11H2,1H3/t14-,15+,16+/m1/s1. The quantitative estimate of drug-likeness (QED) is 0.802. The van der Waals surface area contributed by atoms with Crippen LogP contribution in [-0.4, -0.2) is 37.1 Å². The van der Waals surface area contributed by atoms with Crippen molar-refractivity contribution < 1.29 is 19.1 Å². The summed E-state index contributed by atoms with van der Waals surface area (Å²) in [7, 11) is 1.67. The van der Waals surface area contributed by atoms with Crippen molar-refractivity contribution in [3.8, 4) is 0 Å². The summed E-state index contributed by atoms with van der Waals surface area (Å²) in [5.74, 6) is -0.344. The normalized spacial score (nSPS) is 27.9. The number of nitrogens with zero attached hydrogens (tertiary/aromatic N) is 1. The van der Waals surface area contributed by atoms with E-state index >= 15 is 0 Å². The molecule has 22 heavy (non-hydrogen) atoms. The lowest BCUT2D eigenvalue weighted by Gasteiger charge is -2.30. The zero-order valence-electron chi connectivity index (χ0n) is 12.7. The van der Waals surface area contributed by atoms with E-state index in [1.165, 1.54) is 0 Å². The van der Waals surface area contributed by atoms with Gasteiger partial charge in [0.05, 0.1) is 11.8 Å². The predicted molar refractivity (Wildman–Crippen MR) is 81.6 cm³/mol. The Bertz CT molecular complexity index is 543. The molecule has 5 nitrogen and oxygen atoms in total. The average Bonchev–Trinajstić information content (AvgIpc) is 3.06. The number of benzene rings is 1. The molecule has 1 aromatic carbocycles. The first kappa shape index (κ1) is 15.0. The van der Waals surface area contributed by atoms with E-state index in [1.54, 1.807) is 7.11 Å². The first-order valence-electron chi connectivity index (χ1n) is 7.79. The van der Waals surface area contributed by atoms with Crippen LogP contribution in [0.3, 0.4) is 0 Å². The smallest absolute Gasteiger partial charge is 0.350 e. The van der Waals surface area contributed by atoms with E-state index in [2.05, 4.69) is 5.16 Å². The molecule has 0 amide bonds. The first-order chi connectivity index (χ1) is 10.8. The molecule has 1 heterocycles. The van der Waals surface area contributed by atoms with Crippen LogP contribution in [0.15, 0.2) is 35.5 Å². The Hall–Kier alpha value is -1.88. The third-order valence-corrected chi connectivity index (χ3v) is 4.25. The molecular formula is C17H21NO4. The highest BCUT2D eigenvalue weighted by Gasteiger charge is 2.35. The van der Waals surface area contributed by atoms with Gasteiger partial charge < -0.3 is 14.3 Å². The van der Waals surface area contributed by atoms with Gasteiger partial charge in [0.15, 0.2) is 0 Å². The summed E-state index contributed by atoms with van der Waals surface area (Å²) in [6.45, 7) is 0. The van der Waals surface area contributed by atoms with Crippen LogP contribution in [0.25, 0.3) is 0 Å². The first-order valence-corrected chi connectivity index (χ1v) is 7.79. The molecule has 5 heteroatoms. The largest absolute Gasteiger partial charge is 0.457 e. The van der Waals surface area contributed by atoms with E-state index < -0.39 is 6.10 Å². The molecule has 2 aliphatic rings. The molecule has 0 N–H and O–H groups in total. The van der Waals surface area contributed by atoms with Crippen molar-refractivity contribution in [3.05, 3.63) is 35.9 Å². The molecule has 0 bridgehead atoms. The number of hydrogen-bond donors (Lipinski definition) is 0. The fourth-order valence-electron chi connectivity index (χ4n) is 3.00. The van der Waals surface area contributed by atoms with Crippen LogP contribution in [0.5, 0.6) is 0 Å². The topological polar surface area (TPSA) is 57.1 Å². The third kappa shape index (κ3) is 3.30. The number of methoxy groups -OCH3 is 1. The minimum absolute atomic E-state index is 0.00591. The van der Waals surface area contributed by atoms with Crippen molar-refractivity contribution in [1.29, 1.82) is 0 Å². The Morgan fingerprint density at radius 2 is 1.91 bits per heavy atom. The second-order valence-corrected chi connectivity index (χ2v) is 5.74. The van der Waals surface area contributed by atoms with Crippen LogP contribution < -0.4 is 0 Å². The molecule has 3 rings (SSSR count). The lowest BCUT2D eigenvalue weighted by molar-refractivity contribution is -0.170. The van der Waals surface area contributed by atoms with Gasteiger partial charge in [-0.3, -0.25) is 0 Å². The van der Waals surface area contributed by atoms with Crippen LogP contribution in [0.4, 0.5) is 0 Å². The van der Waals surface area contributed by atoms with Crippen molar-refractivity contribution in [2.45, 2.75) is 50.4 Å². The molecule has 118 valence electrons. The lowest BCUT2D eigenvalue weighted by Crippen LogP contribution is -2.38. The molecule has 0 radical (unpaired) electrons. The van der Waals surface area contributed by atoms with Gasteiger partial charge in [-0.05, 0) is 24.8 Å². The van der Waals surface area contributed by atoms with Gasteiger partial charge in [-0.2, -0.15) is 0 Å². The van der Waals surface area contributed by atoms with E-state index in [0.717, 1.165) is 37.0 Å². The van der Waals surface area contributed by atoms with E-state index in [-0.39, 0.29) is 18.2 Å². The number of carbonyl (C=O) groups excluding carboxylic acids is 1. The molecule has 0 saturated heterocycles. The van der Waals surface area contributed by atoms with Gasteiger partial charge in [-0.1, -0.05) is 41.9 Å². The van der Waals surface area contributed by atoms with Crippen molar-refractivity contribution >= 4 is 11.7 Å². The Labute approximate surface area is 130 Å². The van der Waals surface area contributed by atoms with Gasteiger partial charge in [0, 0.05) is 13.5 Å². The van der Waals surface area contributed by atoms with E-state index in [0.29, 0.717) is 6.42 Å².